The molecule has 1 aromatic rings. The third-order valence-corrected chi connectivity index (χ3v) is 3.35. The van der Waals surface area contributed by atoms with Gasteiger partial charge in [0.25, 0.3) is 5.92 Å². The predicted molar refractivity (Wildman–Crippen MR) is 63.1 cm³/mol. The molecular weight excluding hydrogens is 222 g/mol. The van der Waals surface area contributed by atoms with Crippen LogP contribution in [0.25, 0.3) is 0 Å². The second-order valence-electron chi connectivity index (χ2n) is 4.74. The zero-order valence-electron chi connectivity index (χ0n) is 10.2. The molecule has 1 fully saturated rings. The Hall–Kier alpha value is -0.960. The summed E-state index contributed by atoms with van der Waals surface area (Å²) < 4.78 is 31.9. The molecule has 2 rings (SSSR count). The van der Waals surface area contributed by atoms with Crippen molar-refractivity contribution in [1.29, 1.82) is 0 Å². The summed E-state index contributed by atoms with van der Waals surface area (Å²) in [7, 11) is 0. The highest BCUT2D eigenvalue weighted by Gasteiger charge is 2.27. The SMILES string of the molecule is CC[C@@H]1CC[C@H](c2ccc(C(C)(F)F)cc2)O1. The Balaban J connectivity index is 2.09. The van der Waals surface area contributed by atoms with E-state index in [-0.39, 0.29) is 11.7 Å². The average Bonchev–Trinajstić information content (AvgIpc) is 2.76. The van der Waals surface area contributed by atoms with Gasteiger partial charge in [-0.2, -0.15) is 0 Å². The number of ether oxygens (including phenoxy) is 1. The largest absolute Gasteiger partial charge is 0.370 e. The highest BCUT2D eigenvalue weighted by Crippen LogP contribution is 2.35. The summed E-state index contributed by atoms with van der Waals surface area (Å²) in [4.78, 5) is 0. The van der Waals surface area contributed by atoms with Crippen molar-refractivity contribution >= 4 is 0 Å². The quantitative estimate of drug-likeness (QED) is 0.759. The van der Waals surface area contributed by atoms with Crippen molar-refractivity contribution in [2.24, 2.45) is 0 Å². The van der Waals surface area contributed by atoms with Crippen LogP contribution in [0.1, 0.15) is 50.3 Å². The molecule has 0 bridgehead atoms. The maximum atomic E-state index is 13.0. The first-order valence-electron chi connectivity index (χ1n) is 6.14. The molecule has 1 saturated heterocycles. The van der Waals surface area contributed by atoms with E-state index in [0.29, 0.717) is 6.10 Å². The first-order chi connectivity index (χ1) is 8.00. The van der Waals surface area contributed by atoms with E-state index in [9.17, 15) is 8.78 Å². The van der Waals surface area contributed by atoms with Gasteiger partial charge in [0.1, 0.15) is 0 Å². The Morgan fingerprint density at radius 3 is 2.35 bits per heavy atom. The summed E-state index contributed by atoms with van der Waals surface area (Å²) in [5.74, 6) is -2.76. The molecule has 17 heavy (non-hydrogen) atoms. The molecule has 0 aromatic heterocycles. The Kier molecular flexibility index (Phi) is 3.48. The van der Waals surface area contributed by atoms with Crippen molar-refractivity contribution in [2.45, 2.75) is 51.2 Å². The van der Waals surface area contributed by atoms with Gasteiger partial charge >= 0.3 is 0 Å². The van der Waals surface area contributed by atoms with E-state index in [4.69, 9.17) is 4.74 Å². The second-order valence-corrected chi connectivity index (χ2v) is 4.74. The third-order valence-electron chi connectivity index (χ3n) is 3.35. The second kappa shape index (κ2) is 4.73. The van der Waals surface area contributed by atoms with Crippen LogP contribution in [0.15, 0.2) is 24.3 Å². The summed E-state index contributed by atoms with van der Waals surface area (Å²) >= 11 is 0. The van der Waals surface area contributed by atoms with Crippen LogP contribution in [0.3, 0.4) is 0 Å². The van der Waals surface area contributed by atoms with Gasteiger partial charge in [0.15, 0.2) is 0 Å². The van der Waals surface area contributed by atoms with Crippen LogP contribution < -0.4 is 0 Å². The minimum atomic E-state index is -2.76. The Morgan fingerprint density at radius 2 is 1.88 bits per heavy atom. The van der Waals surface area contributed by atoms with Gasteiger partial charge in [-0.05, 0) is 24.8 Å². The van der Waals surface area contributed by atoms with Gasteiger partial charge in [0.2, 0.25) is 0 Å². The highest BCUT2D eigenvalue weighted by atomic mass is 19.3. The molecule has 1 heterocycles. The fourth-order valence-electron chi connectivity index (χ4n) is 2.24. The monoisotopic (exact) mass is 240 g/mol. The molecule has 1 aliphatic heterocycles. The topological polar surface area (TPSA) is 9.23 Å². The molecule has 3 heteroatoms. The molecule has 2 atom stereocenters. The Morgan fingerprint density at radius 1 is 1.24 bits per heavy atom. The average molecular weight is 240 g/mol. The molecule has 0 saturated carbocycles. The molecule has 0 unspecified atom stereocenters. The van der Waals surface area contributed by atoms with Crippen molar-refractivity contribution in [3.8, 4) is 0 Å². The van der Waals surface area contributed by atoms with Gasteiger partial charge < -0.3 is 4.74 Å². The maximum Gasteiger partial charge on any atom is 0.270 e. The number of halogens is 2. The first kappa shape index (κ1) is 12.5. The summed E-state index contributed by atoms with van der Waals surface area (Å²) in [6.45, 7) is 3.02. The summed E-state index contributed by atoms with van der Waals surface area (Å²) in [6, 6.07) is 6.51. The van der Waals surface area contributed by atoms with E-state index in [1.807, 2.05) is 0 Å². The van der Waals surface area contributed by atoms with Crippen molar-refractivity contribution in [1.82, 2.24) is 0 Å². The highest BCUT2D eigenvalue weighted by molar-refractivity contribution is 5.27. The van der Waals surface area contributed by atoms with Crippen LogP contribution in [-0.2, 0) is 10.7 Å². The van der Waals surface area contributed by atoms with Gasteiger partial charge in [0.05, 0.1) is 12.2 Å². The number of alkyl halides is 2. The lowest BCUT2D eigenvalue weighted by atomic mass is 10.0. The molecule has 0 spiro atoms. The Bertz CT molecular complexity index is 367. The van der Waals surface area contributed by atoms with Crippen LogP contribution in [0.2, 0.25) is 0 Å². The number of hydrogen-bond acceptors (Lipinski definition) is 1. The lowest BCUT2D eigenvalue weighted by molar-refractivity contribution is 0.0171. The fraction of sp³-hybridized carbons (Fsp3) is 0.571. The normalized spacial score (nSPS) is 25.2. The fourth-order valence-corrected chi connectivity index (χ4v) is 2.24. The van der Waals surface area contributed by atoms with Crippen LogP contribution in [-0.4, -0.2) is 6.10 Å². The van der Waals surface area contributed by atoms with Crippen LogP contribution in [0.5, 0.6) is 0 Å². The molecule has 1 aliphatic rings. The third kappa shape index (κ3) is 2.83. The smallest absolute Gasteiger partial charge is 0.270 e. The number of hydrogen-bond donors (Lipinski definition) is 0. The van der Waals surface area contributed by atoms with E-state index >= 15 is 0 Å². The van der Waals surface area contributed by atoms with Gasteiger partial charge in [-0.1, -0.05) is 31.2 Å². The predicted octanol–water partition coefficient (Wildman–Crippen LogP) is 4.43. The molecule has 94 valence electrons. The van der Waals surface area contributed by atoms with Crippen LogP contribution in [0, 0.1) is 0 Å². The molecule has 0 radical (unpaired) electrons. The molecule has 1 aromatic carbocycles. The zero-order chi connectivity index (χ0) is 12.5. The lowest BCUT2D eigenvalue weighted by Crippen LogP contribution is -2.08. The van der Waals surface area contributed by atoms with Gasteiger partial charge in [0, 0.05) is 12.5 Å². The molecule has 1 nitrogen and oxygen atoms in total. The first-order valence-corrected chi connectivity index (χ1v) is 6.14. The van der Waals surface area contributed by atoms with E-state index in [1.54, 1.807) is 12.1 Å². The summed E-state index contributed by atoms with van der Waals surface area (Å²) in [5, 5.41) is 0. The summed E-state index contributed by atoms with van der Waals surface area (Å²) in [5.41, 5.74) is 1.07. The van der Waals surface area contributed by atoms with E-state index in [2.05, 4.69) is 6.92 Å². The zero-order valence-corrected chi connectivity index (χ0v) is 10.2. The number of benzene rings is 1. The molecule has 0 aliphatic carbocycles. The van der Waals surface area contributed by atoms with Gasteiger partial charge in [-0.25, -0.2) is 8.78 Å². The lowest BCUT2D eigenvalue weighted by Gasteiger charge is -2.15. The van der Waals surface area contributed by atoms with Crippen LogP contribution >= 0.6 is 0 Å². The van der Waals surface area contributed by atoms with Gasteiger partial charge in [-0.15, -0.1) is 0 Å². The van der Waals surface area contributed by atoms with Gasteiger partial charge in [-0.3, -0.25) is 0 Å². The molecular formula is C14H18F2O. The maximum absolute atomic E-state index is 13.0. The number of rotatable bonds is 3. The summed E-state index contributed by atoms with van der Waals surface area (Å²) in [6.07, 6.45) is 3.47. The van der Waals surface area contributed by atoms with Crippen molar-refractivity contribution < 1.29 is 13.5 Å². The van der Waals surface area contributed by atoms with Crippen LogP contribution in [0.4, 0.5) is 8.78 Å². The minimum Gasteiger partial charge on any atom is -0.370 e. The van der Waals surface area contributed by atoms with E-state index in [0.717, 1.165) is 31.7 Å². The van der Waals surface area contributed by atoms with E-state index in [1.165, 1.54) is 12.1 Å². The van der Waals surface area contributed by atoms with Crippen molar-refractivity contribution in [3.05, 3.63) is 35.4 Å². The Labute approximate surface area is 101 Å². The minimum absolute atomic E-state index is 0.0614. The standard InChI is InChI=1S/C14H18F2O/c1-3-12-8-9-13(17-12)10-4-6-11(7-5-10)14(2,15)16/h4-7,12-13H,3,8-9H2,1-2H3/t12-,13-/m1/s1. The van der Waals surface area contributed by atoms with Crippen molar-refractivity contribution in [3.63, 3.8) is 0 Å². The molecule has 0 N–H and O–H groups in total. The van der Waals surface area contributed by atoms with E-state index < -0.39 is 5.92 Å². The molecule has 0 amide bonds. The van der Waals surface area contributed by atoms with Crippen molar-refractivity contribution in [2.75, 3.05) is 0 Å².